The van der Waals surface area contributed by atoms with Crippen LogP contribution in [-0.4, -0.2) is 27.3 Å². The number of benzene rings is 1. The van der Waals surface area contributed by atoms with Crippen molar-refractivity contribution in [3.05, 3.63) is 28.8 Å². The van der Waals surface area contributed by atoms with E-state index in [0.29, 0.717) is 10.6 Å². The summed E-state index contributed by atoms with van der Waals surface area (Å²) in [6.45, 7) is 6.43. The van der Waals surface area contributed by atoms with Gasteiger partial charge in [0.1, 0.15) is 14.2 Å². The number of hydrogen-bond acceptors (Lipinski definition) is 2. The summed E-state index contributed by atoms with van der Waals surface area (Å²) in [6.07, 6.45) is -0.805. The molecule has 1 aromatic carbocycles. The molecule has 98 valence electrons. The van der Waals surface area contributed by atoms with E-state index >= 15 is 0 Å². The number of aliphatic hydroxyl groups is 1. The lowest BCUT2D eigenvalue weighted by molar-refractivity contribution is 0.238. The summed E-state index contributed by atoms with van der Waals surface area (Å²) in [5, 5.41) is 10.6. The van der Waals surface area contributed by atoms with Crippen molar-refractivity contribution in [2.45, 2.75) is 25.7 Å². The van der Waals surface area contributed by atoms with Gasteiger partial charge in [-0.2, -0.15) is 0 Å². The fourth-order valence-corrected chi connectivity index (χ4v) is 2.23. The predicted octanol–water partition coefficient (Wildman–Crippen LogP) is 3.32. The molecule has 4 heteroatoms. The molecule has 0 heterocycles. The molecule has 0 aromatic heterocycles. The lowest BCUT2D eigenvalue weighted by Gasteiger charge is -2.15. The molecule has 0 saturated heterocycles. The van der Waals surface area contributed by atoms with Crippen LogP contribution in [-0.2, 0) is 0 Å². The van der Waals surface area contributed by atoms with Crippen LogP contribution in [0.25, 0.3) is 0 Å². The van der Waals surface area contributed by atoms with Crippen LogP contribution in [0.5, 0.6) is 0 Å². The molecule has 0 aliphatic carbocycles. The summed E-state index contributed by atoms with van der Waals surface area (Å²) in [4.78, 5) is 1.97. The molecular formula is C14H20ClNOSi. The van der Waals surface area contributed by atoms with Gasteiger partial charge in [-0.1, -0.05) is 43.2 Å². The van der Waals surface area contributed by atoms with E-state index in [0.717, 1.165) is 5.69 Å². The van der Waals surface area contributed by atoms with Crippen LogP contribution in [0.3, 0.4) is 0 Å². The van der Waals surface area contributed by atoms with Gasteiger partial charge in [-0.15, -0.1) is 5.54 Å². The average Bonchev–Trinajstić information content (AvgIpc) is 2.24. The molecule has 1 atom stereocenters. The highest BCUT2D eigenvalue weighted by molar-refractivity contribution is 6.83. The van der Waals surface area contributed by atoms with Crippen molar-refractivity contribution in [1.29, 1.82) is 0 Å². The molecule has 0 fully saturated rings. The van der Waals surface area contributed by atoms with Gasteiger partial charge in [-0.05, 0) is 12.1 Å². The minimum absolute atomic E-state index is 0.554. The van der Waals surface area contributed by atoms with Gasteiger partial charge in [0, 0.05) is 30.4 Å². The van der Waals surface area contributed by atoms with Crippen molar-refractivity contribution in [3.8, 4) is 11.5 Å². The lowest BCUT2D eigenvalue weighted by atomic mass is 10.1. The van der Waals surface area contributed by atoms with Crippen LogP contribution in [0.1, 0.15) is 11.7 Å². The molecule has 1 N–H and O–H groups in total. The maximum absolute atomic E-state index is 10.0. The SMILES string of the molecule is CN(C)c1ccc(C(O)C#C[Si](C)(C)C)c(Cl)c1. The van der Waals surface area contributed by atoms with Crippen LogP contribution in [0.15, 0.2) is 18.2 Å². The van der Waals surface area contributed by atoms with Gasteiger partial charge in [0.15, 0.2) is 0 Å². The number of rotatable bonds is 2. The molecular weight excluding hydrogens is 262 g/mol. The van der Waals surface area contributed by atoms with E-state index in [1.54, 1.807) is 0 Å². The van der Waals surface area contributed by atoms with Gasteiger partial charge in [-0.3, -0.25) is 0 Å². The Bertz CT molecular complexity index is 483. The van der Waals surface area contributed by atoms with Gasteiger partial charge < -0.3 is 10.0 Å². The largest absolute Gasteiger partial charge is 0.378 e. The Hall–Kier alpha value is -0.953. The smallest absolute Gasteiger partial charge is 0.141 e. The van der Waals surface area contributed by atoms with Crippen LogP contribution in [0.2, 0.25) is 24.7 Å². The van der Waals surface area contributed by atoms with Crippen molar-refractivity contribution in [3.63, 3.8) is 0 Å². The van der Waals surface area contributed by atoms with E-state index in [1.165, 1.54) is 0 Å². The average molecular weight is 282 g/mol. The number of halogens is 1. The highest BCUT2D eigenvalue weighted by Gasteiger charge is 2.12. The molecule has 0 aliphatic rings. The van der Waals surface area contributed by atoms with Crippen LogP contribution >= 0.6 is 11.6 Å². The van der Waals surface area contributed by atoms with Crippen LogP contribution in [0, 0.1) is 11.5 Å². The van der Waals surface area contributed by atoms with E-state index in [9.17, 15) is 5.11 Å². The predicted molar refractivity (Wildman–Crippen MR) is 81.9 cm³/mol. The third kappa shape index (κ3) is 4.38. The van der Waals surface area contributed by atoms with E-state index in [-0.39, 0.29) is 0 Å². The molecule has 0 amide bonds. The zero-order valence-electron chi connectivity index (χ0n) is 11.6. The molecule has 18 heavy (non-hydrogen) atoms. The number of aliphatic hydroxyl groups excluding tert-OH is 1. The second-order valence-electron chi connectivity index (χ2n) is 5.52. The zero-order valence-corrected chi connectivity index (χ0v) is 13.3. The number of nitrogens with zero attached hydrogens (tertiary/aromatic N) is 1. The van der Waals surface area contributed by atoms with E-state index < -0.39 is 14.2 Å². The summed E-state index contributed by atoms with van der Waals surface area (Å²) in [7, 11) is 2.43. The normalized spacial score (nSPS) is 12.6. The minimum atomic E-state index is -1.47. The third-order valence-corrected chi connectivity index (χ3v) is 3.60. The van der Waals surface area contributed by atoms with E-state index in [2.05, 4.69) is 31.1 Å². The fourth-order valence-electron chi connectivity index (χ4n) is 1.38. The topological polar surface area (TPSA) is 23.5 Å². The van der Waals surface area contributed by atoms with Crippen molar-refractivity contribution in [1.82, 2.24) is 0 Å². The molecule has 2 nitrogen and oxygen atoms in total. The summed E-state index contributed by atoms with van der Waals surface area (Å²) >= 11 is 6.18. The molecule has 0 radical (unpaired) electrons. The highest BCUT2D eigenvalue weighted by Crippen LogP contribution is 2.27. The van der Waals surface area contributed by atoms with Gasteiger partial charge >= 0.3 is 0 Å². The van der Waals surface area contributed by atoms with Crippen LogP contribution < -0.4 is 4.90 Å². The molecule has 1 unspecified atom stereocenters. The molecule has 0 saturated carbocycles. The zero-order chi connectivity index (χ0) is 13.9. The molecule has 1 rings (SSSR count). The molecule has 0 spiro atoms. The molecule has 0 bridgehead atoms. The second kappa shape index (κ2) is 5.79. The Kier molecular flexibility index (Phi) is 4.86. The second-order valence-corrected chi connectivity index (χ2v) is 10.7. The van der Waals surface area contributed by atoms with Gasteiger partial charge in [0.2, 0.25) is 0 Å². The Morgan fingerprint density at radius 1 is 1.28 bits per heavy atom. The fraction of sp³-hybridized carbons (Fsp3) is 0.429. The first-order valence-corrected chi connectivity index (χ1v) is 9.76. The van der Waals surface area contributed by atoms with Crippen molar-refractivity contribution < 1.29 is 5.11 Å². The van der Waals surface area contributed by atoms with Gasteiger partial charge in [0.05, 0.1) is 0 Å². The number of anilines is 1. The van der Waals surface area contributed by atoms with Gasteiger partial charge in [-0.25, -0.2) is 0 Å². The Labute approximate surface area is 116 Å². The molecule has 1 aromatic rings. The lowest BCUT2D eigenvalue weighted by Crippen LogP contribution is -2.17. The van der Waals surface area contributed by atoms with Gasteiger partial charge in [0.25, 0.3) is 0 Å². The van der Waals surface area contributed by atoms with Crippen LogP contribution in [0.4, 0.5) is 5.69 Å². The maximum atomic E-state index is 10.0. The standard InChI is InChI=1S/C14H20ClNOSi/c1-16(2)11-6-7-12(13(15)10-11)14(17)8-9-18(3,4)5/h6-7,10,14,17H,1-5H3. The Morgan fingerprint density at radius 2 is 1.89 bits per heavy atom. The van der Waals surface area contributed by atoms with Crippen molar-refractivity contribution in [2.75, 3.05) is 19.0 Å². The van der Waals surface area contributed by atoms with Crippen molar-refractivity contribution in [2.24, 2.45) is 0 Å². The first-order valence-electron chi connectivity index (χ1n) is 5.88. The maximum Gasteiger partial charge on any atom is 0.141 e. The Morgan fingerprint density at radius 3 is 2.33 bits per heavy atom. The molecule has 0 aliphatic heterocycles. The van der Waals surface area contributed by atoms with Crippen molar-refractivity contribution >= 4 is 25.4 Å². The van der Waals surface area contributed by atoms with E-state index in [4.69, 9.17) is 11.6 Å². The first-order chi connectivity index (χ1) is 8.20. The minimum Gasteiger partial charge on any atom is -0.378 e. The monoisotopic (exact) mass is 281 g/mol. The summed E-state index contributed by atoms with van der Waals surface area (Å²) < 4.78 is 0. The third-order valence-electron chi connectivity index (χ3n) is 2.38. The first kappa shape index (κ1) is 15.1. The van der Waals surface area contributed by atoms with E-state index in [1.807, 2.05) is 37.2 Å². The highest BCUT2D eigenvalue weighted by atomic mass is 35.5. The summed E-state index contributed by atoms with van der Waals surface area (Å²) in [5.41, 5.74) is 4.84. The Balaban J connectivity index is 3.00. The number of hydrogen-bond donors (Lipinski definition) is 1. The quantitative estimate of drug-likeness (QED) is 0.664. The summed E-state index contributed by atoms with van der Waals surface area (Å²) in [5.74, 6) is 2.90. The summed E-state index contributed by atoms with van der Waals surface area (Å²) in [6, 6.07) is 5.61.